The van der Waals surface area contributed by atoms with E-state index in [9.17, 15) is 26.4 Å². The number of likely N-dealkylation sites (tertiary alicyclic amines) is 2. The summed E-state index contributed by atoms with van der Waals surface area (Å²) in [7, 11) is -3.56. The van der Waals surface area contributed by atoms with E-state index in [1.807, 2.05) is 64.3 Å². The molecule has 4 aliphatic heterocycles. The lowest BCUT2D eigenvalue weighted by Crippen LogP contribution is -2.39. The van der Waals surface area contributed by atoms with Crippen LogP contribution in [0, 0.1) is 13.8 Å². The molecule has 4 aromatic rings. The summed E-state index contributed by atoms with van der Waals surface area (Å²) >= 11 is 26.0. The minimum Gasteiger partial charge on any atom is -0.378 e. The van der Waals surface area contributed by atoms with Gasteiger partial charge in [-0.05, 0) is 148 Å². The van der Waals surface area contributed by atoms with E-state index in [4.69, 9.17) is 55.9 Å². The minimum absolute atomic E-state index is 0.0817. The van der Waals surface area contributed by atoms with Crippen LogP contribution in [0.4, 0.5) is 9.59 Å². The first-order valence-corrected chi connectivity index (χ1v) is 31.9. The van der Waals surface area contributed by atoms with Gasteiger partial charge in [0.05, 0.1) is 36.2 Å². The van der Waals surface area contributed by atoms with E-state index < -0.39 is 20.0 Å². The van der Waals surface area contributed by atoms with E-state index >= 15 is 0 Å². The molecule has 24 heteroatoms. The van der Waals surface area contributed by atoms with Gasteiger partial charge in [-0.1, -0.05) is 70.7 Å². The Kier molecular flexibility index (Phi) is 22.3. The van der Waals surface area contributed by atoms with Gasteiger partial charge in [-0.3, -0.25) is 9.80 Å². The van der Waals surface area contributed by atoms with E-state index in [1.165, 1.54) is 0 Å². The van der Waals surface area contributed by atoms with Gasteiger partial charge < -0.3 is 40.5 Å². The highest BCUT2D eigenvalue weighted by Gasteiger charge is 2.34. The lowest BCUT2D eigenvalue weighted by molar-refractivity contribution is 0.113. The van der Waals surface area contributed by atoms with Gasteiger partial charge >= 0.3 is 12.1 Å². The van der Waals surface area contributed by atoms with E-state index in [0.717, 1.165) is 46.5 Å². The van der Waals surface area contributed by atoms with Crippen LogP contribution in [0.2, 0.25) is 20.1 Å². The third-order valence-electron chi connectivity index (χ3n) is 15.3. The van der Waals surface area contributed by atoms with Crippen molar-refractivity contribution >= 4 is 78.5 Å². The molecule has 18 nitrogen and oxygen atoms in total. The van der Waals surface area contributed by atoms with Gasteiger partial charge in [0.2, 0.25) is 20.0 Å². The number of fused-ring (bicyclic) bond motifs is 2. The predicted octanol–water partition coefficient (Wildman–Crippen LogP) is 6.89. The predicted molar refractivity (Wildman–Crippen MR) is 316 cm³/mol. The number of sulfonamides is 2. The van der Waals surface area contributed by atoms with Gasteiger partial charge in [-0.15, -0.1) is 0 Å². The smallest absolute Gasteiger partial charge is 0.314 e. The normalized spacial score (nSPS) is 20.1. The van der Waals surface area contributed by atoms with Gasteiger partial charge in [0.1, 0.15) is 0 Å². The Morgan fingerprint density at radius 1 is 0.550 bits per heavy atom. The fourth-order valence-corrected chi connectivity index (χ4v) is 15.4. The van der Waals surface area contributed by atoms with Crippen LogP contribution in [0.5, 0.6) is 0 Å². The number of carbonyl (C=O) groups is 2. The number of hydrogen-bond donors (Lipinski definition) is 6. The lowest BCUT2D eigenvalue weighted by atomic mass is 9.84. The van der Waals surface area contributed by atoms with Gasteiger partial charge in [0.15, 0.2) is 0 Å². The first kappa shape index (κ1) is 62.2. The Labute approximate surface area is 492 Å². The highest BCUT2D eigenvalue weighted by Crippen LogP contribution is 2.41. The van der Waals surface area contributed by atoms with Crippen LogP contribution in [0.1, 0.15) is 82.0 Å². The van der Waals surface area contributed by atoms with Crippen LogP contribution in [0.3, 0.4) is 0 Å². The minimum atomic E-state index is -3.81. The molecule has 0 aromatic heterocycles. The Morgan fingerprint density at radius 3 is 1.36 bits per heavy atom. The van der Waals surface area contributed by atoms with Crippen molar-refractivity contribution in [2.75, 3.05) is 119 Å². The molecule has 0 saturated carbocycles. The topological polar surface area (TPSA) is 206 Å². The number of ether oxygens (including phenoxy) is 2. The number of hydrogen-bond acceptors (Lipinski definition) is 12. The zero-order valence-corrected chi connectivity index (χ0v) is 50.7. The van der Waals surface area contributed by atoms with E-state index in [2.05, 4.69) is 50.3 Å². The maximum absolute atomic E-state index is 13.8. The number of nitrogens with one attached hydrogen (secondary N) is 6. The zero-order valence-electron chi connectivity index (χ0n) is 46.0. The lowest BCUT2D eigenvalue weighted by Gasteiger charge is -2.33. The molecule has 2 fully saturated rings. The molecule has 2 saturated heterocycles. The van der Waals surface area contributed by atoms with Crippen LogP contribution >= 0.6 is 46.4 Å². The average molecular weight is 1220 g/mol. The van der Waals surface area contributed by atoms with E-state index in [1.54, 1.807) is 24.3 Å². The third kappa shape index (κ3) is 16.9. The van der Waals surface area contributed by atoms with Crippen molar-refractivity contribution in [3.05, 3.63) is 125 Å². The molecule has 0 bridgehead atoms. The number of unbranched alkanes of at least 4 members (excludes halogenated alkanes) is 1. The van der Waals surface area contributed by atoms with Crippen LogP contribution in [-0.4, -0.2) is 180 Å². The molecule has 4 amide bonds. The Morgan fingerprint density at radius 2 is 0.950 bits per heavy atom. The third-order valence-corrected chi connectivity index (χ3v) is 19.8. The number of likely N-dealkylation sites (N-methyl/N-ethyl adjacent to an activating group) is 2. The molecule has 4 heterocycles. The fourth-order valence-electron chi connectivity index (χ4n) is 11.2. The maximum Gasteiger partial charge on any atom is 0.314 e. The number of carbonyl (C=O) groups excluding carboxylic acids is 2. The number of urea groups is 2. The van der Waals surface area contributed by atoms with Crippen LogP contribution in [-0.2, 0) is 42.6 Å². The second-order valence-electron chi connectivity index (χ2n) is 21.6. The summed E-state index contributed by atoms with van der Waals surface area (Å²) in [6.45, 7) is 13.4. The summed E-state index contributed by atoms with van der Waals surface area (Å²) in [5, 5.41) is 13.6. The van der Waals surface area contributed by atoms with Gasteiger partial charge in [-0.25, -0.2) is 35.9 Å². The summed E-state index contributed by atoms with van der Waals surface area (Å²) in [6, 6.07) is 17.6. The Balaban J connectivity index is 0.620. The molecule has 0 radical (unpaired) electrons. The Bertz CT molecular complexity index is 2850. The summed E-state index contributed by atoms with van der Waals surface area (Å²) < 4.78 is 72.6. The number of rotatable bonds is 25. The molecule has 6 N–H and O–H groups in total. The fraction of sp³-hybridized carbons (Fsp3) is 0.536. The van der Waals surface area contributed by atoms with Crippen LogP contribution in [0.15, 0.2) is 70.5 Å². The standard InChI is InChI=1S/C56H76Cl4N10O8S2/c1-37-7-9-39(47-33-67(3)35-49-45(47)27-41(57)29-51(49)59)25-53(37)79(73,74)65-43-11-17-69(31-43)19-23-77-21-15-63-55(71)61-13-5-6-14-62-56(72)64-16-22-78-24-20-70-18-12-44(32-70)66-80(75,76)54-26-40(10-8-38(54)2)48-34-68(4)36-50-46(48)28-42(58)30-52(50)60/h7-10,25-30,43-44,47-48,65-66H,5-6,11-24,31-36H2,1-4H3,(H2,61,63,71)(H2,62,64,72)/t43-,44-,47?,48?/m0/s1. The summed E-state index contributed by atoms with van der Waals surface area (Å²) in [4.78, 5) is 33.8. The first-order valence-electron chi connectivity index (χ1n) is 27.4. The van der Waals surface area contributed by atoms with Crippen LogP contribution in [0.25, 0.3) is 0 Å². The van der Waals surface area contributed by atoms with Crippen molar-refractivity contribution < 1.29 is 35.9 Å². The maximum atomic E-state index is 13.8. The molecule has 80 heavy (non-hydrogen) atoms. The molecular weight excluding hydrogens is 1150 g/mol. The van der Waals surface area contributed by atoms with Gasteiger partial charge in [0, 0.05) is 123 Å². The molecule has 8 rings (SSSR count). The monoisotopic (exact) mass is 1220 g/mol. The molecule has 0 aliphatic carbocycles. The number of amides is 4. The van der Waals surface area contributed by atoms with Crippen molar-refractivity contribution in [3.8, 4) is 0 Å². The number of nitrogens with zero attached hydrogens (tertiary/aromatic N) is 4. The zero-order chi connectivity index (χ0) is 57.1. The molecular formula is C56H76Cl4N10O8S2. The largest absolute Gasteiger partial charge is 0.378 e. The summed E-state index contributed by atoms with van der Waals surface area (Å²) in [6.07, 6.45) is 2.72. The molecule has 4 aromatic carbocycles. The number of aryl methyl sites for hydroxylation is 2. The SMILES string of the molecule is Cc1ccc(C2CN(C)Cc3c(Cl)cc(Cl)cc32)cc1S(=O)(=O)N[C@H]1CCN(CCOCCNC(=O)NCCCCNC(=O)NCCOCCN2CC[C@H](NS(=O)(=O)c3cc(C4CN(C)Cc5c(Cl)cc(Cl)cc54)ccc3C)C2)C1. The van der Waals surface area contributed by atoms with Crippen molar-refractivity contribution in [2.45, 2.75) is 86.3 Å². The summed E-state index contributed by atoms with van der Waals surface area (Å²) in [5.41, 5.74) is 7.20. The van der Waals surface area contributed by atoms with Gasteiger partial charge in [0.25, 0.3) is 0 Å². The molecule has 2 unspecified atom stereocenters. The van der Waals surface area contributed by atoms with Gasteiger partial charge in [-0.2, -0.15) is 0 Å². The van der Waals surface area contributed by atoms with Crippen molar-refractivity contribution in [1.82, 2.24) is 50.3 Å². The second kappa shape index (κ2) is 28.6. The molecule has 4 aliphatic rings. The number of benzene rings is 4. The second-order valence-corrected chi connectivity index (χ2v) is 26.6. The van der Waals surface area contributed by atoms with Crippen molar-refractivity contribution in [3.63, 3.8) is 0 Å². The Hall–Kier alpha value is -3.84. The highest BCUT2D eigenvalue weighted by molar-refractivity contribution is 7.89. The quantitative estimate of drug-likeness (QED) is 0.0376. The van der Waals surface area contributed by atoms with E-state index in [0.29, 0.717) is 162 Å². The highest BCUT2D eigenvalue weighted by atomic mass is 35.5. The van der Waals surface area contributed by atoms with Crippen molar-refractivity contribution in [2.24, 2.45) is 0 Å². The molecule has 0 spiro atoms. The average Bonchev–Trinajstić information content (AvgIpc) is 4.15. The molecule has 4 atom stereocenters. The molecule has 438 valence electrons. The first-order chi connectivity index (χ1) is 38.2. The summed E-state index contributed by atoms with van der Waals surface area (Å²) in [5.74, 6) is -0.163. The van der Waals surface area contributed by atoms with E-state index in [-0.39, 0.29) is 45.8 Å². The van der Waals surface area contributed by atoms with Crippen molar-refractivity contribution in [1.29, 1.82) is 0 Å². The van der Waals surface area contributed by atoms with Crippen LogP contribution < -0.4 is 30.7 Å². The number of halogens is 4.